The molecule has 1 aliphatic rings. The summed E-state index contributed by atoms with van der Waals surface area (Å²) < 4.78 is 5.45. The van der Waals surface area contributed by atoms with Gasteiger partial charge in [0.15, 0.2) is 0 Å². The summed E-state index contributed by atoms with van der Waals surface area (Å²) in [5.41, 5.74) is 6.48. The van der Waals surface area contributed by atoms with E-state index in [1.807, 2.05) is 19.1 Å². The highest BCUT2D eigenvalue weighted by molar-refractivity contribution is 5.95. The molecular formula is C16H20N2O2. The molecule has 1 aromatic rings. The van der Waals surface area contributed by atoms with Crippen LogP contribution in [0.5, 0.6) is 0 Å². The number of carbonyl (C=O) groups excluding carboxylic acids is 1. The van der Waals surface area contributed by atoms with Crippen LogP contribution >= 0.6 is 0 Å². The lowest BCUT2D eigenvalue weighted by atomic mass is 9.94. The summed E-state index contributed by atoms with van der Waals surface area (Å²) in [6.07, 6.45) is 1.91. The van der Waals surface area contributed by atoms with Gasteiger partial charge >= 0.3 is 0 Å². The Morgan fingerprint density at radius 3 is 3.10 bits per heavy atom. The molecule has 4 heteroatoms. The highest BCUT2D eigenvalue weighted by Gasteiger charge is 2.29. The minimum Gasteiger partial charge on any atom is -0.379 e. The maximum Gasteiger partial charge on any atom is 0.251 e. The van der Waals surface area contributed by atoms with Crippen LogP contribution in [-0.4, -0.2) is 31.2 Å². The van der Waals surface area contributed by atoms with E-state index in [2.05, 4.69) is 17.2 Å². The van der Waals surface area contributed by atoms with Crippen molar-refractivity contribution in [1.82, 2.24) is 5.32 Å². The topological polar surface area (TPSA) is 64.4 Å². The molecule has 2 rings (SSSR count). The third-order valence-electron chi connectivity index (χ3n) is 3.31. The number of benzene rings is 1. The molecule has 1 unspecified atom stereocenters. The van der Waals surface area contributed by atoms with Crippen molar-refractivity contribution in [3.8, 4) is 11.8 Å². The molecule has 0 radical (unpaired) electrons. The maximum atomic E-state index is 12.3. The van der Waals surface area contributed by atoms with E-state index in [-0.39, 0.29) is 11.4 Å². The Bertz CT molecular complexity index is 537. The van der Waals surface area contributed by atoms with Crippen LogP contribution in [0.15, 0.2) is 24.3 Å². The van der Waals surface area contributed by atoms with E-state index >= 15 is 0 Å². The van der Waals surface area contributed by atoms with Gasteiger partial charge in [0, 0.05) is 17.7 Å². The summed E-state index contributed by atoms with van der Waals surface area (Å²) in [5, 5.41) is 3.06. The monoisotopic (exact) mass is 272 g/mol. The van der Waals surface area contributed by atoms with Crippen LogP contribution in [0.3, 0.4) is 0 Å². The zero-order valence-corrected chi connectivity index (χ0v) is 11.7. The minimum absolute atomic E-state index is 0.0885. The highest BCUT2D eigenvalue weighted by atomic mass is 16.5. The quantitative estimate of drug-likeness (QED) is 0.798. The summed E-state index contributed by atoms with van der Waals surface area (Å²) in [4.78, 5) is 12.3. The number of hydrogen-bond donors (Lipinski definition) is 2. The first-order chi connectivity index (χ1) is 9.63. The largest absolute Gasteiger partial charge is 0.379 e. The standard InChI is InChI=1S/C16H20N2O2/c1-16(8-4-10-20-12-16)18-15(19)14-7-2-5-13(11-14)6-3-9-17/h2,5,7,11H,4,8-10,12,17H2,1H3,(H,18,19). The van der Waals surface area contributed by atoms with Gasteiger partial charge in [-0.25, -0.2) is 0 Å². The second-order valence-electron chi connectivity index (χ2n) is 5.26. The summed E-state index contributed by atoms with van der Waals surface area (Å²) >= 11 is 0. The van der Waals surface area contributed by atoms with Gasteiger partial charge in [0.2, 0.25) is 0 Å². The van der Waals surface area contributed by atoms with E-state index in [1.165, 1.54) is 0 Å². The molecule has 0 saturated carbocycles. The zero-order chi connectivity index (χ0) is 14.4. The molecule has 0 aromatic heterocycles. The second kappa shape index (κ2) is 6.56. The fourth-order valence-electron chi connectivity index (χ4n) is 2.27. The molecule has 4 nitrogen and oxygen atoms in total. The average molecular weight is 272 g/mol. The molecule has 1 atom stereocenters. The van der Waals surface area contributed by atoms with E-state index in [1.54, 1.807) is 12.1 Å². The van der Waals surface area contributed by atoms with Crippen LogP contribution < -0.4 is 11.1 Å². The molecule has 1 heterocycles. The van der Waals surface area contributed by atoms with E-state index in [0.717, 1.165) is 25.0 Å². The Morgan fingerprint density at radius 2 is 2.40 bits per heavy atom. The lowest BCUT2D eigenvalue weighted by Gasteiger charge is -2.34. The Kier molecular flexibility index (Phi) is 4.78. The summed E-state index contributed by atoms with van der Waals surface area (Å²) in [5.74, 6) is 5.63. The minimum atomic E-state index is -0.283. The molecule has 1 fully saturated rings. The van der Waals surface area contributed by atoms with Crippen molar-refractivity contribution in [1.29, 1.82) is 0 Å². The second-order valence-corrected chi connectivity index (χ2v) is 5.26. The third kappa shape index (κ3) is 3.83. The van der Waals surface area contributed by atoms with Gasteiger partial charge in [-0.3, -0.25) is 4.79 Å². The van der Waals surface area contributed by atoms with Gasteiger partial charge in [-0.15, -0.1) is 0 Å². The Balaban J connectivity index is 2.08. The van der Waals surface area contributed by atoms with Crippen LogP contribution in [0.1, 0.15) is 35.7 Å². The van der Waals surface area contributed by atoms with Crippen LogP contribution in [0.25, 0.3) is 0 Å². The first-order valence-corrected chi connectivity index (χ1v) is 6.82. The Labute approximate surface area is 119 Å². The molecule has 3 N–H and O–H groups in total. The van der Waals surface area contributed by atoms with Gasteiger partial charge in [0.05, 0.1) is 18.7 Å². The Morgan fingerprint density at radius 1 is 1.55 bits per heavy atom. The molecule has 1 aliphatic heterocycles. The average Bonchev–Trinajstić information content (AvgIpc) is 2.45. The maximum absolute atomic E-state index is 12.3. The number of nitrogens with one attached hydrogen (secondary N) is 1. The molecular weight excluding hydrogens is 252 g/mol. The molecule has 0 aliphatic carbocycles. The lowest BCUT2D eigenvalue weighted by molar-refractivity contribution is 0.0272. The van der Waals surface area contributed by atoms with Crippen LogP contribution in [0.2, 0.25) is 0 Å². The fourth-order valence-corrected chi connectivity index (χ4v) is 2.27. The van der Waals surface area contributed by atoms with Crippen molar-refractivity contribution in [2.75, 3.05) is 19.8 Å². The van der Waals surface area contributed by atoms with Crippen molar-refractivity contribution in [3.05, 3.63) is 35.4 Å². The molecule has 106 valence electrons. The van der Waals surface area contributed by atoms with Gasteiger partial charge in [0.25, 0.3) is 5.91 Å². The number of amides is 1. The van der Waals surface area contributed by atoms with Crippen molar-refractivity contribution in [3.63, 3.8) is 0 Å². The van der Waals surface area contributed by atoms with Crippen LogP contribution in [0.4, 0.5) is 0 Å². The van der Waals surface area contributed by atoms with Gasteiger partial charge in [-0.1, -0.05) is 17.9 Å². The first kappa shape index (κ1) is 14.6. The SMILES string of the molecule is CC1(NC(=O)c2cccc(C#CCN)c2)CCCOC1. The van der Waals surface area contributed by atoms with Gasteiger partial charge in [-0.2, -0.15) is 0 Å². The molecule has 0 spiro atoms. The van der Waals surface area contributed by atoms with Crippen molar-refractivity contribution >= 4 is 5.91 Å². The Hall–Kier alpha value is -1.83. The number of ether oxygens (including phenoxy) is 1. The van der Waals surface area contributed by atoms with E-state index in [9.17, 15) is 4.79 Å². The van der Waals surface area contributed by atoms with Crippen molar-refractivity contribution in [2.45, 2.75) is 25.3 Å². The summed E-state index contributed by atoms with van der Waals surface area (Å²) in [6, 6.07) is 7.26. The fraction of sp³-hybridized carbons (Fsp3) is 0.438. The molecule has 1 amide bonds. The zero-order valence-electron chi connectivity index (χ0n) is 11.7. The summed E-state index contributed by atoms with van der Waals surface area (Å²) in [7, 11) is 0. The summed E-state index contributed by atoms with van der Waals surface area (Å²) in [6.45, 7) is 3.66. The van der Waals surface area contributed by atoms with Crippen LogP contribution in [-0.2, 0) is 4.74 Å². The molecule has 1 saturated heterocycles. The molecule has 20 heavy (non-hydrogen) atoms. The van der Waals surface area contributed by atoms with E-state index < -0.39 is 0 Å². The number of rotatable bonds is 2. The van der Waals surface area contributed by atoms with Crippen molar-refractivity contribution < 1.29 is 9.53 Å². The smallest absolute Gasteiger partial charge is 0.251 e. The van der Waals surface area contributed by atoms with Gasteiger partial charge < -0.3 is 15.8 Å². The number of hydrogen-bond acceptors (Lipinski definition) is 3. The molecule has 0 bridgehead atoms. The van der Waals surface area contributed by atoms with Crippen LogP contribution in [0, 0.1) is 11.8 Å². The first-order valence-electron chi connectivity index (χ1n) is 6.82. The predicted molar refractivity (Wildman–Crippen MR) is 78.3 cm³/mol. The number of nitrogens with two attached hydrogens (primary N) is 1. The van der Waals surface area contributed by atoms with Crippen molar-refractivity contribution in [2.24, 2.45) is 5.73 Å². The lowest BCUT2D eigenvalue weighted by Crippen LogP contribution is -2.51. The van der Waals surface area contributed by atoms with E-state index in [4.69, 9.17) is 10.5 Å². The third-order valence-corrected chi connectivity index (χ3v) is 3.31. The van der Waals surface area contributed by atoms with Gasteiger partial charge in [0.1, 0.15) is 0 Å². The predicted octanol–water partition coefficient (Wildman–Crippen LogP) is 1.30. The highest BCUT2D eigenvalue weighted by Crippen LogP contribution is 2.19. The number of carbonyl (C=O) groups is 1. The normalized spacial score (nSPS) is 21.7. The molecule has 1 aromatic carbocycles. The van der Waals surface area contributed by atoms with E-state index in [0.29, 0.717) is 18.7 Å². The van der Waals surface area contributed by atoms with Gasteiger partial charge in [-0.05, 0) is 38.0 Å².